The lowest BCUT2D eigenvalue weighted by Gasteiger charge is -2.30. The predicted octanol–water partition coefficient (Wildman–Crippen LogP) is 3.80. The molecular weight excluding hydrogens is 381 g/mol. The van der Waals surface area contributed by atoms with Crippen LogP contribution in [-0.4, -0.2) is 35.1 Å². The lowest BCUT2D eigenvalue weighted by atomic mass is 9.97. The first kappa shape index (κ1) is 17.6. The molecule has 1 aromatic rings. The maximum Gasteiger partial charge on any atom is 0.416 e. The molecule has 1 fully saturated rings. The van der Waals surface area contributed by atoms with E-state index in [1.54, 1.807) is 0 Å². The second-order valence-electron chi connectivity index (χ2n) is 5.22. The van der Waals surface area contributed by atoms with Crippen LogP contribution in [-0.2, 0) is 11.0 Å². The summed E-state index contributed by atoms with van der Waals surface area (Å²) in [6, 6.07) is 2.49. The van der Waals surface area contributed by atoms with Crippen LogP contribution in [0, 0.1) is 5.92 Å². The van der Waals surface area contributed by atoms with Crippen molar-refractivity contribution in [3.05, 3.63) is 28.2 Å². The van der Waals surface area contributed by atoms with Gasteiger partial charge in [-0.05, 0) is 47.0 Å². The highest BCUT2D eigenvalue weighted by atomic mass is 79.9. The number of alkyl halides is 3. The Labute approximate surface area is 138 Å². The van der Waals surface area contributed by atoms with Gasteiger partial charge in [-0.2, -0.15) is 13.2 Å². The number of carboxylic acid groups (broad SMARTS) is 1. The second kappa shape index (κ2) is 6.77. The van der Waals surface area contributed by atoms with Crippen molar-refractivity contribution in [1.29, 1.82) is 0 Å². The number of likely N-dealkylation sites (tertiary alicyclic amines) is 1. The van der Waals surface area contributed by atoms with Gasteiger partial charge in [-0.25, -0.2) is 4.79 Å². The topological polar surface area (TPSA) is 69.6 Å². The molecule has 9 heteroatoms. The summed E-state index contributed by atoms with van der Waals surface area (Å²) in [4.78, 5) is 24.4. The SMILES string of the molecule is O=C(O)C1CCN(C(=O)Nc2ccc(C(F)(F)F)cc2Br)CC1. The highest BCUT2D eigenvalue weighted by Crippen LogP contribution is 2.34. The number of urea groups is 1. The Morgan fingerprint density at radius 2 is 1.87 bits per heavy atom. The summed E-state index contributed by atoms with van der Waals surface area (Å²) >= 11 is 3.01. The summed E-state index contributed by atoms with van der Waals surface area (Å²) in [5, 5.41) is 11.4. The van der Waals surface area contributed by atoms with Crippen LogP contribution in [0.1, 0.15) is 18.4 Å². The van der Waals surface area contributed by atoms with Crippen molar-refractivity contribution in [1.82, 2.24) is 4.90 Å². The lowest BCUT2D eigenvalue weighted by molar-refractivity contribution is -0.143. The molecule has 2 rings (SSSR count). The van der Waals surface area contributed by atoms with Gasteiger partial charge in [0.25, 0.3) is 0 Å². The van der Waals surface area contributed by atoms with E-state index in [-0.39, 0.29) is 10.2 Å². The summed E-state index contributed by atoms with van der Waals surface area (Å²) in [5.41, 5.74) is -0.590. The zero-order chi connectivity index (χ0) is 17.2. The van der Waals surface area contributed by atoms with Crippen LogP contribution in [0.3, 0.4) is 0 Å². The van der Waals surface area contributed by atoms with Gasteiger partial charge in [-0.3, -0.25) is 4.79 Å². The van der Waals surface area contributed by atoms with Crippen LogP contribution < -0.4 is 5.32 Å². The predicted molar refractivity (Wildman–Crippen MR) is 80.1 cm³/mol. The third kappa shape index (κ3) is 4.37. The van der Waals surface area contributed by atoms with Crippen molar-refractivity contribution in [2.24, 2.45) is 5.92 Å². The number of rotatable bonds is 2. The Bertz CT molecular complexity index is 614. The van der Waals surface area contributed by atoms with Gasteiger partial charge < -0.3 is 15.3 Å². The number of halogens is 4. The summed E-state index contributed by atoms with van der Waals surface area (Å²) < 4.78 is 37.9. The molecule has 5 nitrogen and oxygen atoms in total. The van der Waals surface area contributed by atoms with E-state index in [9.17, 15) is 22.8 Å². The molecule has 0 aliphatic carbocycles. The first-order valence-corrected chi connectivity index (χ1v) is 7.63. The molecule has 1 aliphatic rings. The smallest absolute Gasteiger partial charge is 0.416 e. The molecule has 1 saturated heterocycles. The number of carbonyl (C=O) groups excluding carboxylic acids is 1. The second-order valence-corrected chi connectivity index (χ2v) is 6.08. The number of nitrogens with one attached hydrogen (secondary N) is 1. The molecule has 2 amide bonds. The van der Waals surface area contributed by atoms with E-state index in [4.69, 9.17) is 5.11 Å². The molecular formula is C14H14BrF3N2O3. The summed E-state index contributed by atoms with van der Waals surface area (Å²) in [6.45, 7) is 0.585. The van der Waals surface area contributed by atoms with Crippen LogP contribution in [0.5, 0.6) is 0 Å². The van der Waals surface area contributed by atoms with Crippen LogP contribution in [0.2, 0.25) is 0 Å². The Balaban J connectivity index is 2.00. The minimum Gasteiger partial charge on any atom is -0.481 e. The van der Waals surface area contributed by atoms with E-state index in [2.05, 4.69) is 21.2 Å². The van der Waals surface area contributed by atoms with E-state index in [1.807, 2.05) is 0 Å². The minimum atomic E-state index is -4.45. The molecule has 0 saturated carbocycles. The van der Waals surface area contributed by atoms with Gasteiger partial charge in [-0.1, -0.05) is 0 Å². The van der Waals surface area contributed by atoms with E-state index >= 15 is 0 Å². The number of nitrogens with zero attached hydrogens (tertiary/aromatic N) is 1. The average molecular weight is 395 g/mol. The number of anilines is 1. The van der Waals surface area contributed by atoms with E-state index in [0.29, 0.717) is 25.9 Å². The van der Waals surface area contributed by atoms with Crippen molar-refractivity contribution in [2.75, 3.05) is 18.4 Å². The van der Waals surface area contributed by atoms with Crippen LogP contribution >= 0.6 is 15.9 Å². The number of hydrogen-bond donors (Lipinski definition) is 2. The molecule has 23 heavy (non-hydrogen) atoms. The van der Waals surface area contributed by atoms with E-state index in [0.717, 1.165) is 12.1 Å². The van der Waals surface area contributed by atoms with Gasteiger partial charge in [-0.15, -0.1) is 0 Å². The molecule has 2 N–H and O–H groups in total. The van der Waals surface area contributed by atoms with Crippen molar-refractivity contribution in [3.63, 3.8) is 0 Å². The van der Waals surface area contributed by atoms with Crippen molar-refractivity contribution in [2.45, 2.75) is 19.0 Å². The first-order chi connectivity index (χ1) is 10.7. The molecule has 1 aliphatic heterocycles. The first-order valence-electron chi connectivity index (χ1n) is 6.84. The standard InChI is InChI=1S/C14H14BrF3N2O3/c15-10-7-9(14(16,17)18)1-2-11(10)19-13(23)20-5-3-8(4-6-20)12(21)22/h1-2,7-8H,3-6H2,(H,19,23)(H,21,22). The quantitative estimate of drug-likeness (QED) is 0.801. The molecule has 0 radical (unpaired) electrons. The zero-order valence-corrected chi connectivity index (χ0v) is 13.4. The number of piperidine rings is 1. The number of amides is 2. The highest BCUT2D eigenvalue weighted by Gasteiger charge is 2.31. The molecule has 0 bridgehead atoms. The van der Waals surface area contributed by atoms with Crippen molar-refractivity contribution in [3.8, 4) is 0 Å². The minimum absolute atomic E-state index is 0.126. The third-order valence-corrected chi connectivity index (χ3v) is 4.33. The normalized spacial score (nSPS) is 16.3. The van der Waals surface area contributed by atoms with Gasteiger partial charge in [0, 0.05) is 17.6 Å². The fraction of sp³-hybridized carbons (Fsp3) is 0.429. The molecule has 0 atom stereocenters. The van der Waals surface area contributed by atoms with Crippen molar-refractivity contribution < 1.29 is 27.9 Å². The fourth-order valence-corrected chi connectivity index (χ4v) is 2.79. The van der Waals surface area contributed by atoms with Gasteiger partial charge in [0.15, 0.2) is 0 Å². The van der Waals surface area contributed by atoms with Gasteiger partial charge in [0.2, 0.25) is 0 Å². The van der Waals surface area contributed by atoms with E-state index < -0.39 is 29.7 Å². The number of carboxylic acids is 1. The molecule has 0 aromatic heterocycles. The monoisotopic (exact) mass is 394 g/mol. The molecule has 126 valence electrons. The molecule has 0 unspecified atom stereocenters. The highest BCUT2D eigenvalue weighted by molar-refractivity contribution is 9.10. The molecule has 0 spiro atoms. The zero-order valence-electron chi connectivity index (χ0n) is 11.9. The maximum atomic E-state index is 12.6. The van der Waals surface area contributed by atoms with Crippen molar-refractivity contribution >= 4 is 33.6 Å². The van der Waals surface area contributed by atoms with Crippen LogP contribution in [0.25, 0.3) is 0 Å². The Hall–Kier alpha value is -1.77. The Morgan fingerprint density at radius 1 is 1.26 bits per heavy atom. The van der Waals surface area contributed by atoms with E-state index in [1.165, 1.54) is 11.0 Å². The summed E-state index contributed by atoms with van der Waals surface area (Å²) in [6.07, 6.45) is -3.74. The Morgan fingerprint density at radius 3 is 2.35 bits per heavy atom. The van der Waals surface area contributed by atoms with Gasteiger partial charge >= 0.3 is 18.2 Å². The molecule has 1 aromatic carbocycles. The summed E-state index contributed by atoms with van der Waals surface area (Å²) in [7, 11) is 0. The number of benzene rings is 1. The Kier molecular flexibility index (Phi) is 5.18. The largest absolute Gasteiger partial charge is 0.481 e. The van der Waals surface area contributed by atoms with Gasteiger partial charge in [0.05, 0.1) is 17.2 Å². The maximum absolute atomic E-state index is 12.6. The van der Waals surface area contributed by atoms with Gasteiger partial charge in [0.1, 0.15) is 0 Å². The number of hydrogen-bond acceptors (Lipinski definition) is 2. The fourth-order valence-electron chi connectivity index (χ4n) is 2.32. The lowest BCUT2D eigenvalue weighted by Crippen LogP contribution is -2.42. The number of aliphatic carboxylic acids is 1. The number of carbonyl (C=O) groups is 2. The third-order valence-electron chi connectivity index (χ3n) is 3.67. The average Bonchev–Trinajstić information content (AvgIpc) is 2.48. The van der Waals surface area contributed by atoms with Crippen LogP contribution in [0.15, 0.2) is 22.7 Å². The van der Waals surface area contributed by atoms with Crippen LogP contribution in [0.4, 0.5) is 23.7 Å². The summed E-state index contributed by atoms with van der Waals surface area (Å²) in [5.74, 6) is -1.34. The molecule has 1 heterocycles.